The lowest BCUT2D eigenvalue weighted by Crippen LogP contribution is -2.44. The summed E-state index contributed by atoms with van der Waals surface area (Å²) >= 11 is 0. The number of amides is 1. The van der Waals surface area contributed by atoms with Crippen LogP contribution in [0.25, 0.3) is 0 Å². The first-order valence-corrected chi connectivity index (χ1v) is 8.72. The van der Waals surface area contributed by atoms with Crippen molar-refractivity contribution in [3.63, 3.8) is 0 Å². The van der Waals surface area contributed by atoms with E-state index >= 15 is 0 Å². The van der Waals surface area contributed by atoms with Crippen LogP contribution in [-0.2, 0) is 11.2 Å². The van der Waals surface area contributed by atoms with Crippen molar-refractivity contribution in [3.05, 3.63) is 42.0 Å². The molecule has 1 aliphatic heterocycles. The summed E-state index contributed by atoms with van der Waals surface area (Å²) in [5.74, 6) is 1.14. The first-order chi connectivity index (χ1) is 12.5. The van der Waals surface area contributed by atoms with Gasteiger partial charge in [-0.05, 0) is 49.6 Å². The van der Waals surface area contributed by atoms with Gasteiger partial charge in [0, 0.05) is 24.0 Å². The molecule has 2 aromatic carbocycles. The zero-order chi connectivity index (χ0) is 18.7. The van der Waals surface area contributed by atoms with Gasteiger partial charge in [-0.25, -0.2) is 0 Å². The van der Waals surface area contributed by atoms with Gasteiger partial charge in [-0.1, -0.05) is 6.07 Å². The zero-order valence-corrected chi connectivity index (χ0v) is 16.6. The zero-order valence-electron chi connectivity index (χ0n) is 15.8. The third-order valence-electron chi connectivity index (χ3n) is 4.83. The molecule has 3 N–H and O–H groups in total. The van der Waals surface area contributed by atoms with Gasteiger partial charge in [-0.15, -0.1) is 12.4 Å². The number of nitrogens with zero attached hydrogens (tertiary/aromatic N) is 1. The van der Waals surface area contributed by atoms with E-state index in [0.717, 1.165) is 36.3 Å². The fourth-order valence-corrected chi connectivity index (χ4v) is 3.37. The number of carbonyl (C=O) groups is 1. The van der Waals surface area contributed by atoms with Gasteiger partial charge >= 0.3 is 0 Å². The maximum Gasteiger partial charge on any atom is 0.246 e. The van der Waals surface area contributed by atoms with E-state index in [2.05, 4.69) is 10.2 Å². The molecule has 1 amide bonds. The van der Waals surface area contributed by atoms with Crippen molar-refractivity contribution in [3.8, 4) is 11.5 Å². The molecule has 3 rings (SSSR count). The monoisotopic (exact) mass is 391 g/mol. The van der Waals surface area contributed by atoms with Crippen LogP contribution in [0.15, 0.2) is 36.4 Å². The van der Waals surface area contributed by atoms with Crippen molar-refractivity contribution < 1.29 is 14.3 Å². The van der Waals surface area contributed by atoms with Gasteiger partial charge in [0.05, 0.1) is 19.9 Å². The number of anilines is 3. The van der Waals surface area contributed by atoms with E-state index < -0.39 is 0 Å². The van der Waals surface area contributed by atoms with Crippen molar-refractivity contribution in [2.45, 2.75) is 25.8 Å². The average molecular weight is 392 g/mol. The summed E-state index contributed by atoms with van der Waals surface area (Å²) in [6, 6.07) is 10.9. The van der Waals surface area contributed by atoms with Crippen LogP contribution in [0.1, 0.15) is 18.9 Å². The fourth-order valence-electron chi connectivity index (χ4n) is 3.37. The van der Waals surface area contributed by atoms with Crippen molar-refractivity contribution in [2.24, 2.45) is 0 Å². The maximum atomic E-state index is 12.9. The quantitative estimate of drug-likeness (QED) is 0.763. The summed E-state index contributed by atoms with van der Waals surface area (Å²) in [6.07, 6.45) is 1.91. The van der Waals surface area contributed by atoms with Gasteiger partial charge in [0.2, 0.25) is 5.91 Å². The minimum atomic E-state index is -0.341. The molecule has 1 atom stereocenters. The smallest absolute Gasteiger partial charge is 0.246 e. The number of rotatable bonds is 5. The molecule has 0 spiro atoms. The number of benzene rings is 2. The molecule has 2 aromatic rings. The molecule has 0 saturated heterocycles. The van der Waals surface area contributed by atoms with Gasteiger partial charge in [-0.2, -0.15) is 0 Å². The normalized spacial score (nSPS) is 13.8. The van der Waals surface area contributed by atoms with Crippen LogP contribution in [0, 0.1) is 0 Å². The Labute approximate surface area is 166 Å². The van der Waals surface area contributed by atoms with Gasteiger partial charge in [-0.3, -0.25) is 4.79 Å². The molecule has 1 heterocycles. The van der Waals surface area contributed by atoms with E-state index in [-0.39, 0.29) is 24.4 Å². The van der Waals surface area contributed by atoms with Crippen molar-refractivity contribution in [2.75, 3.05) is 36.7 Å². The van der Waals surface area contributed by atoms with Gasteiger partial charge in [0.15, 0.2) is 0 Å². The predicted octanol–water partition coefficient (Wildman–Crippen LogP) is 3.49. The summed E-state index contributed by atoms with van der Waals surface area (Å²) in [5, 5.41) is 2.96. The van der Waals surface area contributed by atoms with Crippen molar-refractivity contribution in [1.29, 1.82) is 0 Å². The number of fused-ring (bicyclic) bond motifs is 1. The summed E-state index contributed by atoms with van der Waals surface area (Å²) in [6.45, 7) is 2.72. The number of halogens is 1. The van der Waals surface area contributed by atoms with Crippen LogP contribution in [-0.4, -0.2) is 32.7 Å². The minimum absolute atomic E-state index is 0. The number of ether oxygens (including phenoxy) is 2. The molecule has 0 radical (unpaired) electrons. The van der Waals surface area contributed by atoms with Crippen molar-refractivity contribution >= 4 is 35.4 Å². The third-order valence-corrected chi connectivity index (χ3v) is 4.83. The summed E-state index contributed by atoms with van der Waals surface area (Å²) in [4.78, 5) is 15.0. The minimum Gasteiger partial charge on any atom is -0.497 e. The lowest BCUT2D eigenvalue weighted by Gasteiger charge is -2.36. The molecule has 27 heavy (non-hydrogen) atoms. The molecule has 0 fully saturated rings. The van der Waals surface area contributed by atoms with E-state index in [0.29, 0.717) is 17.2 Å². The molecule has 0 saturated carbocycles. The molecule has 6 nitrogen and oxygen atoms in total. The second kappa shape index (κ2) is 8.86. The van der Waals surface area contributed by atoms with E-state index in [1.807, 2.05) is 25.1 Å². The number of methoxy groups -OCH3 is 2. The third kappa shape index (κ3) is 4.22. The van der Waals surface area contributed by atoms with Crippen LogP contribution in [0.3, 0.4) is 0 Å². The van der Waals surface area contributed by atoms with Crippen molar-refractivity contribution in [1.82, 2.24) is 0 Å². The van der Waals surface area contributed by atoms with E-state index in [1.54, 1.807) is 32.4 Å². The maximum absolute atomic E-state index is 12.9. The second-order valence-corrected chi connectivity index (χ2v) is 6.37. The van der Waals surface area contributed by atoms with Gasteiger partial charge in [0.25, 0.3) is 0 Å². The summed E-state index contributed by atoms with van der Waals surface area (Å²) < 4.78 is 10.6. The number of hydrogen-bond donors (Lipinski definition) is 2. The number of nitrogen functional groups attached to an aromatic ring is 1. The van der Waals surface area contributed by atoms with Gasteiger partial charge < -0.3 is 25.4 Å². The number of hydrogen-bond acceptors (Lipinski definition) is 5. The first-order valence-electron chi connectivity index (χ1n) is 8.72. The van der Waals surface area contributed by atoms with Crippen LogP contribution in [0.5, 0.6) is 11.5 Å². The lowest BCUT2D eigenvalue weighted by atomic mass is 9.98. The number of nitrogens with two attached hydrogens (primary N) is 1. The summed E-state index contributed by atoms with van der Waals surface area (Å²) in [7, 11) is 3.16. The largest absolute Gasteiger partial charge is 0.497 e. The van der Waals surface area contributed by atoms with Crippen LogP contribution in [0.2, 0.25) is 0 Å². The molecule has 0 aromatic heterocycles. The lowest BCUT2D eigenvalue weighted by molar-refractivity contribution is -0.117. The molecular weight excluding hydrogens is 366 g/mol. The Morgan fingerprint density at radius 1 is 1.22 bits per heavy atom. The standard InChI is InChI=1S/C20H25N3O3.ClH/c1-13(23-11-5-6-15-16(21)7-4-8-18(15)23)20(24)22-17-12-14(25-2)9-10-19(17)26-3;/h4,7-10,12-13H,5-6,11,21H2,1-3H3,(H,22,24);1H. The molecule has 1 unspecified atom stereocenters. The first kappa shape index (κ1) is 20.7. The average Bonchev–Trinajstić information content (AvgIpc) is 2.67. The Balaban J connectivity index is 0.00000261. The highest BCUT2D eigenvalue weighted by molar-refractivity contribution is 5.98. The van der Waals surface area contributed by atoms with E-state index in [9.17, 15) is 4.79 Å². The molecular formula is C20H26ClN3O3. The Morgan fingerprint density at radius 3 is 2.70 bits per heavy atom. The van der Waals surface area contributed by atoms with Crippen LogP contribution >= 0.6 is 12.4 Å². The molecule has 0 aliphatic carbocycles. The molecule has 146 valence electrons. The Morgan fingerprint density at radius 2 is 2.00 bits per heavy atom. The topological polar surface area (TPSA) is 76.8 Å². The van der Waals surface area contributed by atoms with E-state index in [1.165, 1.54) is 0 Å². The Hall–Kier alpha value is -2.60. The van der Waals surface area contributed by atoms with Gasteiger partial charge in [0.1, 0.15) is 17.5 Å². The Bertz CT molecular complexity index is 813. The molecule has 1 aliphatic rings. The van der Waals surface area contributed by atoms with Crippen LogP contribution < -0.4 is 25.4 Å². The SMILES string of the molecule is COc1ccc(OC)c(NC(=O)C(C)N2CCCc3c(N)cccc32)c1.Cl. The highest BCUT2D eigenvalue weighted by Crippen LogP contribution is 2.33. The van der Waals surface area contributed by atoms with Crippen LogP contribution in [0.4, 0.5) is 17.1 Å². The number of carbonyl (C=O) groups excluding carboxylic acids is 1. The molecule has 7 heteroatoms. The highest BCUT2D eigenvalue weighted by Gasteiger charge is 2.27. The Kier molecular flexibility index (Phi) is 6.80. The number of nitrogens with one attached hydrogen (secondary N) is 1. The second-order valence-electron chi connectivity index (χ2n) is 6.37. The predicted molar refractivity (Wildman–Crippen MR) is 111 cm³/mol. The molecule has 0 bridgehead atoms. The highest BCUT2D eigenvalue weighted by atomic mass is 35.5. The fraction of sp³-hybridized carbons (Fsp3) is 0.350. The summed E-state index contributed by atoms with van der Waals surface area (Å²) in [5.41, 5.74) is 9.65. The van der Waals surface area contributed by atoms with E-state index in [4.69, 9.17) is 15.2 Å².